The van der Waals surface area contributed by atoms with Crippen molar-refractivity contribution in [2.75, 3.05) is 31.5 Å². The van der Waals surface area contributed by atoms with Crippen molar-refractivity contribution in [3.63, 3.8) is 0 Å². The van der Waals surface area contributed by atoms with Crippen LogP contribution in [0.3, 0.4) is 0 Å². The molecule has 20 heavy (non-hydrogen) atoms. The number of rotatable bonds is 4. The van der Waals surface area contributed by atoms with Gasteiger partial charge in [0, 0.05) is 36.9 Å². The van der Waals surface area contributed by atoms with E-state index < -0.39 is 5.91 Å². The first-order valence-electron chi connectivity index (χ1n) is 6.71. The zero-order valence-corrected chi connectivity index (χ0v) is 11.6. The largest absolute Gasteiger partial charge is 0.366 e. The Hall–Kier alpha value is -1.92. The van der Waals surface area contributed by atoms with Crippen molar-refractivity contribution in [1.82, 2.24) is 10.2 Å². The lowest BCUT2D eigenvalue weighted by molar-refractivity contribution is -0.118. The second-order valence-corrected chi connectivity index (χ2v) is 5.01. The molecule has 1 aromatic rings. The van der Waals surface area contributed by atoms with Crippen LogP contribution in [0.25, 0.3) is 0 Å². The number of nitrogens with zero attached hydrogens (tertiary/aromatic N) is 1. The lowest BCUT2D eigenvalue weighted by Crippen LogP contribution is -2.51. The summed E-state index contributed by atoms with van der Waals surface area (Å²) < 4.78 is 0. The molecule has 6 nitrogen and oxygen atoms in total. The van der Waals surface area contributed by atoms with Gasteiger partial charge in [-0.25, -0.2) is 0 Å². The first-order valence-corrected chi connectivity index (χ1v) is 6.71. The standard InChI is InChI=1S/C14H20N4O2/c1-10-8-16-6-7-18(10)9-13(19)17-12-4-2-11(3-5-12)14(15)20/h2-5,10,16H,6-9H2,1H3,(H2,15,20)(H,17,19)/t10-/m0/s1. The Labute approximate surface area is 118 Å². The van der Waals surface area contributed by atoms with Crippen molar-refractivity contribution in [2.24, 2.45) is 5.73 Å². The monoisotopic (exact) mass is 276 g/mol. The van der Waals surface area contributed by atoms with Gasteiger partial charge in [0.2, 0.25) is 11.8 Å². The van der Waals surface area contributed by atoms with Gasteiger partial charge in [-0.3, -0.25) is 14.5 Å². The van der Waals surface area contributed by atoms with Crippen LogP contribution in [0.4, 0.5) is 5.69 Å². The van der Waals surface area contributed by atoms with E-state index in [1.807, 2.05) is 0 Å². The van der Waals surface area contributed by atoms with Crippen LogP contribution in [0.5, 0.6) is 0 Å². The topological polar surface area (TPSA) is 87.5 Å². The highest BCUT2D eigenvalue weighted by molar-refractivity contribution is 5.95. The maximum absolute atomic E-state index is 12.0. The SMILES string of the molecule is C[C@H]1CNCCN1CC(=O)Nc1ccc(C(N)=O)cc1. The fourth-order valence-corrected chi connectivity index (χ4v) is 2.22. The van der Waals surface area contributed by atoms with Gasteiger partial charge in [0.15, 0.2) is 0 Å². The van der Waals surface area contributed by atoms with Gasteiger partial charge in [0.05, 0.1) is 6.54 Å². The van der Waals surface area contributed by atoms with Crippen molar-refractivity contribution in [1.29, 1.82) is 0 Å². The van der Waals surface area contributed by atoms with Crippen molar-refractivity contribution >= 4 is 17.5 Å². The van der Waals surface area contributed by atoms with Gasteiger partial charge >= 0.3 is 0 Å². The number of hydrogen-bond acceptors (Lipinski definition) is 4. The van der Waals surface area contributed by atoms with E-state index in [0.717, 1.165) is 19.6 Å². The van der Waals surface area contributed by atoms with Crippen molar-refractivity contribution in [3.8, 4) is 0 Å². The van der Waals surface area contributed by atoms with Gasteiger partial charge in [0.1, 0.15) is 0 Å². The lowest BCUT2D eigenvalue weighted by atomic mass is 10.2. The van der Waals surface area contributed by atoms with E-state index in [1.54, 1.807) is 24.3 Å². The third-order valence-electron chi connectivity index (χ3n) is 3.44. The summed E-state index contributed by atoms with van der Waals surface area (Å²) in [5, 5.41) is 6.11. The maximum Gasteiger partial charge on any atom is 0.248 e. The molecule has 0 aromatic heterocycles. The summed E-state index contributed by atoms with van der Waals surface area (Å²) >= 11 is 0. The van der Waals surface area contributed by atoms with Crippen LogP contribution in [0.1, 0.15) is 17.3 Å². The van der Waals surface area contributed by atoms with Gasteiger partial charge in [-0.05, 0) is 31.2 Å². The summed E-state index contributed by atoms with van der Waals surface area (Å²) in [5.74, 6) is -0.525. The molecule has 108 valence electrons. The molecule has 1 fully saturated rings. The average Bonchev–Trinajstić information content (AvgIpc) is 2.42. The highest BCUT2D eigenvalue weighted by Crippen LogP contribution is 2.10. The number of hydrogen-bond donors (Lipinski definition) is 3. The van der Waals surface area contributed by atoms with Gasteiger partial charge in [-0.1, -0.05) is 0 Å². The zero-order valence-electron chi connectivity index (χ0n) is 11.6. The number of carbonyl (C=O) groups is 2. The Balaban J connectivity index is 1.89. The summed E-state index contributed by atoms with van der Waals surface area (Å²) in [6, 6.07) is 6.92. The Bertz CT molecular complexity index is 486. The van der Waals surface area contributed by atoms with Crippen LogP contribution in [0.15, 0.2) is 24.3 Å². The van der Waals surface area contributed by atoms with Crippen LogP contribution in [-0.4, -0.2) is 48.9 Å². The predicted octanol–water partition coefficient (Wildman–Crippen LogP) is 0.0177. The molecule has 1 aliphatic rings. The van der Waals surface area contributed by atoms with E-state index in [0.29, 0.717) is 23.8 Å². The number of amides is 2. The summed E-state index contributed by atoms with van der Waals surface area (Å²) in [5.41, 5.74) is 6.26. The number of primary amides is 1. The number of carbonyl (C=O) groups excluding carboxylic acids is 2. The van der Waals surface area contributed by atoms with Gasteiger partial charge in [-0.15, -0.1) is 0 Å². The zero-order chi connectivity index (χ0) is 14.5. The molecule has 2 rings (SSSR count). The minimum absolute atomic E-state index is 0.0504. The van der Waals surface area contributed by atoms with Crippen LogP contribution in [0.2, 0.25) is 0 Å². The summed E-state index contributed by atoms with van der Waals surface area (Å²) in [6.45, 7) is 5.15. The molecular weight excluding hydrogens is 256 g/mol. The molecule has 1 atom stereocenters. The predicted molar refractivity (Wildman–Crippen MR) is 77.5 cm³/mol. The molecule has 0 bridgehead atoms. The Morgan fingerprint density at radius 3 is 2.70 bits per heavy atom. The van der Waals surface area contributed by atoms with E-state index in [4.69, 9.17) is 5.73 Å². The molecule has 1 saturated heterocycles. The van der Waals surface area contributed by atoms with E-state index in [9.17, 15) is 9.59 Å². The Kier molecular flexibility index (Phi) is 4.70. The van der Waals surface area contributed by atoms with E-state index in [-0.39, 0.29) is 5.91 Å². The molecule has 0 saturated carbocycles. The molecule has 0 unspecified atom stereocenters. The third-order valence-corrected chi connectivity index (χ3v) is 3.44. The highest BCUT2D eigenvalue weighted by Gasteiger charge is 2.20. The minimum Gasteiger partial charge on any atom is -0.366 e. The molecule has 2 amide bonds. The third kappa shape index (κ3) is 3.79. The highest BCUT2D eigenvalue weighted by atomic mass is 16.2. The number of anilines is 1. The van der Waals surface area contributed by atoms with E-state index >= 15 is 0 Å². The maximum atomic E-state index is 12.0. The molecule has 1 aliphatic heterocycles. The first-order chi connectivity index (χ1) is 9.56. The minimum atomic E-state index is -0.475. The quantitative estimate of drug-likeness (QED) is 0.723. The number of benzene rings is 1. The Morgan fingerprint density at radius 1 is 1.40 bits per heavy atom. The molecule has 1 aromatic carbocycles. The van der Waals surface area contributed by atoms with E-state index in [1.165, 1.54) is 0 Å². The molecular formula is C14H20N4O2. The molecule has 0 radical (unpaired) electrons. The van der Waals surface area contributed by atoms with Crippen LogP contribution in [-0.2, 0) is 4.79 Å². The van der Waals surface area contributed by atoms with Crippen LogP contribution >= 0.6 is 0 Å². The second kappa shape index (κ2) is 6.49. The van der Waals surface area contributed by atoms with Crippen LogP contribution in [0, 0.1) is 0 Å². The molecule has 0 aliphatic carbocycles. The Morgan fingerprint density at radius 2 is 2.10 bits per heavy atom. The smallest absolute Gasteiger partial charge is 0.248 e. The molecule has 4 N–H and O–H groups in total. The fraction of sp³-hybridized carbons (Fsp3) is 0.429. The molecule has 6 heteroatoms. The van der Waals surface area contributed by atoms with Gasteiger partial charge < -0.3 is 16.4 Å². The van der Waals surface area contributed by atoms with Crippen molar-refractivity contribution in [3.05, 3.63) is 29.8 Å². The summed E-state index contributed by atoms with van der Waals surface area (Å²) in [6.07, 6.45) is 0. The number of nitrogens with two attached hydrogens (primary N) is 1. The van der Waals surface area contributed by atoms with E-state index in [2.05, 4.69) is 22.5 Å². The normalized spacial score (nSPS) is 19.6. The number of piperazine rings is 1. The van der Waals surface area contributed by atoms with Gasteiger partial charge in [-0.2, -0.15) is 0 Å². The van der Waals surface area contributed by atoms with Gasteiger partial charge in [0.25, 0.3) is 0 Å². The fourth-order valence-electron chi connectivity index (χ4n) is 2.22. The van der Waals surface area contributed by atoms with Crippen molar-refractivity contribution in [2.45, 2.75) is 13.0 Å². The number of nitrogens with one attached hydrogen (secondary N) is 2. The lowest BCUT2D eigenvalue weighted by Gasteiger charge is -2.33. The second-order valence-electron chi connectivity index (χ2n) is 5.01. The summed E-state index contributed by atoms with van der Waals surface area (Å²) in [4.78, 5) is 25.1. The molecule has 0 spiro atoms. The average molecular weight is 276 g/mol. The van der Waals surface area contributed by atoms with Crippen LogP contribution < -0.4 is 16.4 Å². The molecule has 1 heterocycles. The van der Waals surface area contributed by atoms with Crippen molar-refractivity contribution < 1.29 is 9.59 Å². The first kappa shape index (κ1) is 14.5. The summed E-state index contributed by atoms with van der Waals surface area (Å²) in [7, 11) is 0.